The summed E-state index contributed by atoms with van der Waals surface area (Å²) in [7, 11) is 0. The Morgan fingerprint density at radius 3 is 1.89 bits per heavy atom. The van der Waals surface area contributed by atoms with Crippen LogP contribution < -0.4 is 10.6 Å². The first kappa shape index (κ1) is 14.8. The van der Waals surface area contributed by atoms with E-state index in [0.717, 1.165) is 50.9 Å². The molecule has 0 aliphatic rings. The first-order chi connectivity index (χ1) is 8.77. The number of anilines is 2. The number of nitrogens with two attached hydrogens (primary N) is 1. The molecule has 0 saturated carbocycles. The molecule has 18 heavy (non-hydrogen) atoms. The van der Waals surface area contributed by atoms with Crippen molar-refractivity contribution in [2.75, 3.05) is 50.2 Å². The third-order valence-corrected chi connectivity index (χ3v) is 2.68. The van der Waals surface area contributed by atoms with Gasteiger partial charge in [-0.3, -0.25) is 0 Å². The summed E-state index contributed by atoms with van der Waals surface area (Å²) in [6, 6.07) is 7.91. The summed E-state index contributed by atoms with van der Waals surface area (Å²) in [4.78, 5) is 2.25. The fraction of sp³-hybridized carbons (Fsp3) is 0.571. The Balaban J connectivity index is 2.54. The van der Waals surface area contributed by atoms with Crippen molar-refractivity contribution in [1.82, 2.24) is 0 Å². The molecule has 102 valence electrons. The Morgan fingerprint density at radius 1 is 0.944 bits per heavy atom. The van der Waals surface area contributed by atoms with E-state index in [1.165, 1.54) is 0 Å². The van der Waals surface area contributed by atoms with Crippen molar-refractivity contribution in [2.45, 2.75) is 13.8 Å². The van der Waals surface area contributed by atoms with Crippen molar-refractivity contribution < 1.29 is 9.47 Å². The highest BCUT2D eigenvalue weighted by Crippen LogP contribution is 2.15. The fourth-order valence-electron chi connectivity index (χ4n) is 1.69. The molecule has 0 aromatic heterocycles. The molecular formula is C14H24N2O2. The van der Waals surface area contributed by atoms with Crippen LogP contribution in [-0.2, 0) is 9.47 Å². The van der Waals surface area contributed by atoms with E-state index in [1.54, 1.807) is 0 Å². The highest BCUT2D eigenvalue weighted by atomic mass is 16.5. The first-order valence-corrected chi connectivity index (χ1v) is 6.54. The van der Waals surface area contributed by atoms with E-state index in [9.17, 15) is 0 Å². The molecule has 1 rings (SSSR count). The number of nitrogens with zero attached hydrogens (tertiary/aromatic N) is 1. The summed E-state index contributed by atoms with van der Waals surface area (Å²) < 4.78 is 10.8. The topological polar surface area (TPSA) is 47.7 Å². The Morgan fingerprint density at radius 2 is 1.44 bits per heavy atom. The normalized spacial score (nSPS) is 10.6. The van der Waals surface area contributed by atoms with E-state index in [1.807, 2.05) is 38.1 Å². The highest BCUT2D eigenvalue weighted by Gasteiger charge is 2.06. The molecule has 1 aromatic rings. The largest absolute Gasteiger partial charge is 0.399 e. The Kier molecular flexibility index (Phi) is 7.22. The van der Waals surface area contributed by atoms with Gasteiger partial charge in [0.15, 0.2) is 0 Å². The van der Waals surface area contributed by atoms with Gasteiger partial charge in [0, 0.05) is 37.7 Å². The van der Waals surface area contributed by atoms with Gasteiger partial charge in [-0.25, -0.2) is 0 Å². The van der Waals surface area contributed by atoms with Crippen LogP contribution in [0.15, 0.2) is 24.3 Å². The lowest BCUT2D eigenvalue weighted by molar-refractivity contribution is 0.141. The van der Waals surface area contributed by atoms with Crippen LogP contribution in [0.1, 0.15) is 13.8 Å². The summed E-state index contributed by atoms with van der Waals surface area (Å²) in [6.45, 7) is 8.71. The molecule has 4 heteroatoms. The van der Waals surface area contributed by atoms with Gasteiger partial charge in [-0.1, -0.05) is 0 Å². The molecule has 0 spiro atoms. The predicted octanol–water partition coefficient (Wildman–Crippen LogP) is 2.15. The Hall–Kier alpha value is -1.26. The number of hydrogen-bond acceptors (Lipinski definition) is 4. The molecule has 0 radical (unpaired) electrons. The Bertz CT molecular complexity index is 304. The molecule has 0 bridgehead atoms. The molecule has 0 aliphatic carbocycles. The molecule has 4 nitrogen and oxygen atoms in total. The maximum atomic E-state index is 5.70. The molecule has 0 saturated heterocycles. The van der Waals surface area contributed by atoms with Crippen molar-refractivity contribution in [3.8, 4) is 0 Å². The quantitative estimate of drug-likeness (QED) is 0.540. The molecule has 1 aromatic carbocycles. The van der Waals surface area contributed by atoms with Crippen molar-refractivity contribution in [1.29, 1.82) is 0 Å². The van der Waals surface area contributed by atoms with Crippen LogP contribution in [0, 0.1) is 0 Å². The molecular weight excluding hydrogens is 228 g/mol. The second kappa shape index (κ2) is 8.78. The van der Waals surface area contributed by atoms with Crippen LogP contribution in [0.4, 0.5) is 11.4 Å². The fourth-order valence-corrected chi connectivity index (χ4v) is 1.69. The monoisotopic (exact) mass is 252 g/mol. The maximum Gasteiger partial charge on any atom is 0.0641 e. The van der Waals surface area contributed by atoms with Gasteiger partial charge in [0.1, 0.15) is 0 Å². The van der Waals surface area contributed by atoms with Gasteiger partial charge < -0.3 is 20.1 Å². The van der Waals surface area contributed by atoms with Crippen molar-refractivity contribution >= 4 is 11.4 Å². The second-order valence-corrected chi connectivity index (χ2v) is 3.97. The summed E-state index contributed by atoms with van der Waals surface area (Å²) in [5, 5.41) is 0. The second-order valence-electron chi connectivity index (χ2n) is 3.97. The minimum Gasteiger partial charge on any atom is -0.399 e. The molecule has 0 unspecified atom stereocenters. The van der Waals surface area contributed by atoms with E-state index < -0.39 is 0 Å². The van der Waals surface area contributed by atoms with Gasteiger partial charge in [-0.15, -0.1) is 0 Å². The van der Waals surface area contributed by atoms with Crippen molar-refractivity contribution in [2.24, 2.45) is 0 Å². The smallest absolute Gasteiger partial charge is 0.0641 e. The van der Waals surface area contributed by atoms with E-state index >= 15 is 0 Å². The summed E-state index contributed by atoms with van der Waals surface area (Å²) >= 11 is 0. The average molecular weight is 252 g/mol. The van der Waals surface area contributed by atoms with E-state index in [-0.39, 0.29) is 0 Å². The SMILES string of the molecule is CCOCCN(CCOCC)c1ccc(N)cc1. The van der Waals surface area contributed by atoms with Crippen LogP contribution in [-0.4, -0.2) is 39.5 Å². The number of rotatable bonds is 9. The van der Waals surface area contributed by atoms with Gasteiger partial charge in [-0.05, 0) is 38.1 Å². The number of hydrogen-bond donors (Lipinski definition) is 1. The number of ether oxygens (including phenoxy) is 2. The summed E-state index contributed by atoms with van der Waals surface area (Å²) in [5.74, 6) is 0. The zero-order valence-electron chi connectivity index (χ0n) is 11.4. The first-order valence-electron chi connectivity index (χ1n) is 6.54. The van der Waals surface area contributed by atoms with E-state index in [0.29, 0.717) is 0 Å². The van der Waals surface area contributed by atoms with Crippen LogP contribution >= 0.6 is 0 Å². The lowest BCUT2D eigenvalue weighted by atomic mass is 10.2. The lowest BCUT2D eigenvalue weighted by Crippen LogP contribution is -2.31. The minimum atomic E-state index is 0.729. The lowest BCUT2D eigenvalue weighted by Gasteiger charge is -2.24. The summed E-state index contributed by atoms with van der Waals surface area (Å²) in [6.07, 6.45) is 0. The zero-order chi connectivity index (χ0) is 13.2. The number of nitrogen functional groups attached to an aromatic ring is 1. The van der Waals surface area contributed by atoms with E-state index in [4.69, 9.17) is 15.2 Å². The molecule has 0 atom stereocenters. The molecule has 0 aliphatic heterocycles. The maximum absolute atomic E-state index is 5.70. The van der Waals surface area contributed by atoms with Crippen molar-refractivity contribution in [3.63, 3.8) is 0 Å². The van der Waals surface area contributed by atoms with E-state index in [2.05, 4.69) is 4.90 Å². The van der Waals surface area contributed by atoms with Crippen LogP contribution in [0.3, 0.4) is 0 Å². The van der Waals surface area contributed by atoms with Crippen LogP contribution in [0.2, 0.25) is 0 Å². The zero-order valence-corrected chi connectivity index (χ0v) is 11.4. The van der Waals surface area contributed by atoms with Gasteiger partial charge in [0.2, 0.25) is 0 Å². The third kappa shape index (κ3) is 5.38. The Labute approximate surface area is 110 Å². The summed E-state index contributed by atoms with van der Waals surface area (Å²) in [5.41, 5.74) is 7.64. The van der Waals surface area contributed by atoms with Crippen LogP contribution in [0.5, 0.6) is 0 Å². The van der Waals surface area contributed by atoms with Gasteiger partial charge in [0.25, 0.3) is 0 Å². The molecule has 0 heterocycles. The van der Waals surface area contributed by atoms with Gasteiger partial charge in [-0.2, -0.15) is 0 Å². The number of benzene rings is 1. The molecule has 2 N–H and O–H groups in total. The minimum absolute atomic E-state index is 0.729. The van der Waals surface area contributed by atoms with Crippen molar-refractivity contribution in [3.05, 3.63) is 24.3 Å². The van der Waals surface area contributed by atoms with Gasteiger partial charge in [0.05, 0.1) is 13.2 Å². The predicted molar refractivity (Wildman–Crippen MR) is 76.1 cm³/mol. The standard InChI is InChI=1S/C14H24N2O2/c1-3-17-11-9-16(10-12-18-4-2)14-7-5-13(15)6-8-14/h5-8H,3-4,9-12,15H2,1-2H3. The average Bonchev–Trinajstić information content (AvgIpc) is 2.38. The van der Waals surface area contributed by atoms with Gasteiger partial charge >= 0.3 is 0 Å². The third-order valence-electron chi connectivity index (χ3n) is 2.68. The molecule has 0 amide bonds. The highest BCUT2D eigenvalue weighted by molar-refractivity contribution is 5.53. The van der Waals surface area contributed by atoms with Crippen LogP contribution in [0.25, 0.3) is 0 Å². The molecule has 0 fully saturated rings.